The maximum Gasteiger partial charge on any atom is 0.231 e. The topological polar surface area (TPSA) is 54.0 Å². The van der Waals surface area contributed by atoms with Crippen LogP contribution in [-0.2, 0) is 6.61 Å². The van der Waals surface area contributed by atoms with E-state index in [-0.39, 0.29) is 18.3 Å². The molecule has 5 nitrogen and oxygen atoms in total. The van der Waals surface area contributed by atoms with E-state index in [0.717, 1.165) is 16.7 Å². The van der Waals surface area contributed by atoms with Crippen LogP contribution in [0, 0.1) is 13.8 Å². The third kappa shape index (κ3) is 3.18. The van der Waals surface area contributed by atoms with Crippen molar-refractivity contribution in [3.63, 3.8) is 0 Å². The highest BCUT2D eigenvalue weighted by molar-refractivity contribution is 6.15. The molecule has 3 aromatic rings. The summed E-state index contributed by atoms with van der Waals surface area (Å²) in [6.45, 7) is 4.63. The van der Waals surface area contributed by atoms with Crippen molar-refractivity contribution in [3.8, 4) is 23.0 Å². The molecular formula is C25H20O5. The van der Waals surface area contributed by atoms with Gasteiger partial charge in [0.2, 0.25) is 12.6 Å². The molecular weight excluding hydrogens is 380 g/mol. The first-order valence-corrected chi connectivity index (χ1v) is 9.75. The van der Waals surface area contributed by atoms with Crippen LogP contribution in [0.3, 0.4) is 0 Å². The molecule has 3 aromatic carbocycles. The van der Waals surface area contributed by atoms with Crippen LogP contribution in [0.25, 0.3) is 6.08 Å². The molecule has 0 bridgehead atoms. The van der Waals surface area contributed by atoms with Crippen LogP contribution in [-0.4, -0.2) is 12.6 Å². The average Bonchev–Trinajstić information content (AvgIpc) is 3.34. The van der Waals surface area contributed by atoms with Gasteiger partial charge in [0, 0.05) is 5.56 Å². The van der Waals surface area contributed by atoms with Crippen molar-refractivity contribution in [2.45, 2.75) is 20.5 Å². The largest absolute Gasteiger partial charge is 0.488 e. The highest BCUT2D eigenvalue weighted by Gasteiger charge is 2.30. The summed E-state index contributed by atoms with van der Waals surface area (Å²) in [7, 11) is 0. The lowest BCUT2D eigenvalue weighted by atomic mass is 10.1. The smallest absolute Gasteiger partial charge is 0.231 e. The molecule has 0 amide bonds. The highest BCUT2D eigenvalue weighted by Crippen LogP contribution is 2.40. The lowest BCUT2D eigenvalue weighted by Crippen LogP contribution is -2.00. The fourth-order valence-corrected chi connectivity index (χ4v) is 3.61. The summed E-state index contributed by atoms with van der Waals surface area (Å²) in [5.41, 5.74) is 4.46. The monoisotopic (exact) mass is 400 g/mol. The van der Waals surface area contributed by atoms with Gasteiger partial charge in [0.25, 0.3) is 0 Å². The molecule has 2 heterocycles. The summed E-state index contributed by atoms with van der Waals surface area (Å²) in [4.78, 5) is 12.8. The number of carbonyl (C=O) groups is 1. The van der Waals surface area contributed by atoms with Gasteiger partial charge in [-0.15, -0.1) is 0 Å². The Morgan fingerprint density at radius 3 is 2.70 bits per heavy atom. The van der Waals surface area contributed by atoms with E-state index in [1.165, 1.54) is 5.56 Å². The SMILES string of the molecule is Cc1ccccc1COc1ccc2c(c1C)O/C(=C\c1ccc3c(c1)OCO3)C2=O. The number of carbonyl (C=O) groups excluding carboxylic acids is 1. The maximum absolute atomic E-state index is 12.8. The Hall–Kier alpha value is -3.73. The molecule has 0 unspecified atom stereocenters. The van der Waals surface area contributed by atoms with Crippen LogP contribution < -0.4 is 18.9 Å². The van der Waals surface area contributed by atoms with Crippen molar-refractivity contribution in [1.82, 2.24) is 0 Å². The minimum absolute atomic E-state index is 0.142. The molecule has 0 saturated carbocycles. The quantitative estimate of drug-likeness (QED) is 0.562. The number of benzene rings is 3. The van der Waals surface area contributed by atoms with Gasteiger partial charge in [-0.25, -0.2) is 0 Å². The van der Waals surface area contributed by atoms with Gasteiger partial charge in [-0.05, 0) is 60.9 Å². The fraction of sp³-hybridized carbons (Fsp3) is 0.160. The summed E-state index contributed by atoms with van der Waals surface area (Å²) in [5.74, 6) is 2.75. The third-order valence-corrected chi connectivity index (χ3v) is 5.38. The van der Waals surface area contributed by atoms with E-state index in [1.807, 2.05) is 49.4 Å². The van der Waals surface area contributed by atoms with Crippen LogP contribution >= 0.6 is 0 Å². The summed E-state index contributed by atoms with van der Waals surface area (Å²) < 4.78 is 22.7. The minimum atomic E-state index is -0.142. The zero-order valence-corrected chi connectivity index (χ0v) is 16.7. The first kappa shape index (κ1) is 18.3. The molecule has 0 saturated heterocycles. The summed E-state index contributed by atoms with van der Waals surface area (Å²) in [6, 6.07) is 17.2. The number of aryl methyl sites for hydroxylation is 1. The highest BCUT2D eigenvalue weighted by atomic mass is 16.7. The number of rotatable bonds is 4. The lowest BCUT2D eigenvalue weighted by molar-refractivity contribution is 0.101. The van der Waals surface area contributed by atoms with E-state index >= 15 is 0 Å². The van der Waals surface area contributed by atoms with Gasteiger partial charge in [-0.1, -0.05) is 30.3 Å². The number of hydrogen-bond acceptors (Lipinski definition) is 5. The van der Waals surface area contributed by atoms with Gasteiger partial charge in [0.1, 0.15) is 18.1 Å². The molecule has 0 aliphatic carbocycles. The zero-order chi connectivity index (χ0) is 20.7. The number of ether oxygens (including phenoxy) is 4. The Kier molecular flexibility index (Phi) is 4.43. The van der Waals surface area contributed by atoms with E-state index in [9.17, 15) is 4.79 Å². The standard InChI is InChI=1S/C25H20O5/c1-15-5-3-4-6-18(15)13-27-20-10-8-19-24(26)23(30-25(19)16(20)2)12-17-7-9-21-22(11-17)29-14-28-21/h3-12H,13-14H2,1-2H3/b23-12-. The van der Waals surface area contributed by atoms with Gasteiger partial charge in [-0.3, -0.25) is 4.79 Å². The van der Waals surface area contributed by atoms with Crippen LogP contribution in [0.1, 0.15) is 32.6 Å². The van der Waals surface area contributed by atoms with Gasteiger partial charge in [0.15, 0.2) is 17.3 Å². The maximum atomic E-state index is 12.8. The second-order valence-electron chi connectivity index (χ2n) is 7.33. The van der Waals surface area contributed by atoms with Crippen molar-refractivity contribution in [3.05, 3.63) is 88.2 Å². The molecule has 0 N–H and O–H groups in total. The molecule has 150 valence electrons. The Morgan fingerprint density at radius 2 is 1.83 bits per heavy atom. The number of Topliss-reactive ketones (excluding diaryl/α,β-unsaturated/α-hetero) is 1. The summed E-state index contributed by atoms with van der Waals surface area (Å²) in [5, 5.41) is 0. The second kappa shape index (κ2) is 7.26. The number of fused-ring (bicyclic) bond motifs is 2. The predicted molar refractivity (Wildman–Crippen MR) is 112 cm³/mol. The first-order valence-electron chi connectivity index (χ1n) is 9.75. The molecule has 5 rings (SSSR count). The van der Waals surface area contributed by atoms with Gasteiger partial charge in [0.05, 0.1) is 5.56 Å². The minimum Gasteiger partial charge on any atom is -0.488 e. The van der Waals surface area contributed by atoms with Crippen LogP contribution in [0.15, 0.2) is 60.4 Å². The molecule has 2 aliphatic rings. The van der Waals surface area contributed by atoms with Gasteiger partial charge < -0.3 is 18.9 Å². The predicted octanol–water partition coefficient (Wildman–Crippen LogP) is 5.23. The van der Waals surface area contributed by atoms with Crippen molar-refractivity contribution in [2.24, 2.45) is 0 Å². The van der Waals surface area contributed by atoms with Crippen LogP contribution in [0.4, 0.5) is 0 Å². The number of ketones is 1. The Bertz CT molecular complexity index is 1190. The number of hydrogen-bond donors (Lipinski definition) is 0. The Balaban J connectivity index is 1.39. The normalized spacial score (nSPS) is 15.3. The summed E-state index contributed by atoms with van der Waals surface area (Å²) >= 11 is 0. The van der Waals surface area contributed by atoms with Crippen LogP contribution in [0.5, 0.6) is 23.0 Å². The average molecular weight is 400 g/mol. The van der Waals surface area contributed by atoms with Crippen molar-refractivity contribution in [1.29, 1.82) is 0 Å². The molecule has 0 spiro atoms. The molecule has 0 fully saturated rings. The third-order valence-electron chi connectivity index (χ3n) is 5.38. The molecule has 2 aliphatic heterocycles. The molecule has 0 aromatic heterocycles. The molecule has 0 atom stereocenters. The van der Waals surface area contributed by atoms with Gasteiger partial charge >= 0.3 is 0 Å². The Morgan fingerprint density at radius 1 is 1.00 bits per heavy atom. The van der Waals surface area contributed by atoms with Crippen LogP contribution in [0.2, 0.25) is 0 Å². The van der Waals surface area contributed by atoms with E-state index in [4.69, 9.17) is 18.9 Å². The van der Waals surface area contributed by atoms with Gasteiger partial charge in [-0.2, -0.15) is 0 Å². The summed E-state index contributed by atoms with van der Waals surface area (Å²) in [6.07, 6.45) is 1.72. The van der Waals surface area contributed by atoms with E-state index in [0.29, 0.717) is 35.2 Å². The number of allylic oxidation sites excluding steroid dienone is 1. The zero-order valence-electron chi connectivity index (χ0n) is 16.7. The van der Waals surface area contributed by atoms with E-state index in [1.54, 1.807) is 12.1 Å². The molecule has 30 heavy (non-hydrogen) atoms. The van der Waals surface area contributed by atoms with E-state index < -0.39 is 0 Å². The van der Waals surface area contributed by atoms with Crippen molar-refractivity contribution >= 4 is 11.9 Å². The first-order chi connectivity index (χ1) is 14.6. The fourth-order valence-electron chi connectivity index (χ4n) is 3.61. The van der Waals surface area contributed by atoms with Crippen molar-refractivity contribution in [2.75, 3.05) is 6.79 Å². The van der Waals surface area contributed by atoms with E-state index in [2.05, 4.69) is 13.0 Å². The lowest BCUT2D eigenvalue weighted by Gasteiger charge is -2.12. The molecule has 5 heteroatoms. The van der Waals surface area contributed by atoms with Crippen molar-refractivity contribution < 1.29 is 23.7 Å². The second-order valence-corrected chi connectivity index (χ2v) is 7.33. The Labute approximate surface area is 174 Å². The molecule has 0 radical (unpaired) electrons.